The first-order chi connectivity index (χ1) is 16.0. The summed E-state index contributed by atoms with van der Waals surface area (Å²) in [6.45, 7) is 4.47. The Balaban J connectivity index is 1.55. The topological polar surface area (TPSA) is 86.8 Å². The van der Waals surface area contributed by atoms with Gasteiger partial charge in [-0.2, -0.15) is 5.26 Å². The third kappa shape index (κ3) is 5.78. The standard InChI is InChI=1S/C24H25FN6OS/c1-17(23(32)27-20-7-5-6-18(14-20)15-26)33-24-29-28-22(16-30-12-3-2-4-13-30)31(24)21-10-8-19(25)9-11-21/h5-11,14,17H,2-4,12-13,16H2,1H3,(H,27,32). The number of halogens is 1. The second kappa shape index (κ2) is 10.6. The summed E-state index contributed by atoms with van der Waals surface area (Å²) in [5.74, 6) is 0.243. The minimum Gasteiger partial charge on any atom is -0.325 e. The van der Waals surface area contributed by atoms with Gasteiger partial charge in [-0.05, 0) is 75.3 Å². The maximum absolute atomic E-state index is 13.6. The van der Waals surface area contributed by atoms with E-state index in [1.165, 1.54) is 30.3 Å². The third-order valence-electron chi connectivity index (χ3n) is 5.51. The molecule has 1 aromatic heterocycles. The van der Waals surface area contributed by atoms with Crippen molar-refractivity contribution in [1.82, 2.24) is 19.7 Å². The van der Waals surface area contributed by atoms with Gasteiger partial charge in [0.1, 0.15) is 5.82 Å². The lowest BCUT2D eigenvalue weighted by Crippen LogP contribution is -2.30. The predicted molar refractivity (Wildman–Crippen MR) is 126 cm³/mol. The lowest BCUT2D eigenvalue weighted by atomic mass is 10.1. The molecule has 7 nitrogen and oxygen atoms in total. The van der Waals surface area contributed by atoms with Gasteiger partial charge in [0.05, 0.1) is 23.4 Å². The van der Waals surface area contributed by atoms with E-state index >= 15 is 0 Å². The van der Waals surface area contributed by atoms with E-state index < -0.39 is 5.25 Å². The molecular weight excluding hydrogens is 439 g/mol. The highest BCUT2D eigenvalue weighted by Crippen LogP contribution is 2.28. The number of carbonyl (C=O) groups excluding carboxylic acids is 1. The van der Waals surface area contributed by atoms with Crippen molar-refractivity contribution < 1.29 is 9.18 Å². The quantitative estimate of drug-likeness (QED) is 0.522. The summed E-state index contributed by atoms with van der Waals surface area (Å²) in [5, 5.41) is 20.8. The van der Waals surface area contributed by atoms with Gasteiger partial charge in [0.2, 0.25) is 5.91 Å². The maximum Gasteiger partial charge on any atom is 0.237 e. The fourth-order valence-corrected chi connectivity index (χ4v) is 4.65. The molecule has 1 atom stereocenters. The molecule has 1 amide bonds. The summed E-state index contributed by atoms with van der Waals surface area (Å²) in [6, 6.07) is 15.1. The fraction of sp³-hybridized carbons (Fsp3) is 0.333. The first kappa shape index (κ1) is 23.0. The molecule has 170 valence electrons. The number of thioether (sulfide) groups is 1. The number of amides is 1. The first-order valence-corrected chi connectivity index (χ1v) is 11.8. The van der Waals surface area contributed by atoms with Gasteiger partial charge < -0.3 is 5.32 Å². The highest BCUT2D eigenvalue weighted by atomic mass is 32.2. The number of carbonyl (C=O) groups is 1. The lowest BCUT2D eigenvalue weighted by Gasteiger charge is -2.26. The van der Waals surface area contributed by atoms with Gasteiger partial charge in [0, 0.05) is 11.4 Å². The fourth-order valence-electron chi connectivity index (χ4n) is 3.77. The second-order valence-electron chi connectivity index (χ2n) is 7.99. The van der Waals surface area contributed by atoms with Crippen LogP contribution < -0.4 is 5.32 Å². The minimum absolute atomic E-state index is 0.207. The molecule has 0 radical (unpaired) electrons. The average Bonchev–Trinajstić information content (AvgIpc) is 3.22. The molecule has 3 aromatic rings. The Bertz CT molecular complexity index is 1150. The summed E-state index contributed by atoms with van der Waals surface area (Å²) in [6.07, 6.45) is 3.57. The Labute approximate surface area is 196 Å². The number of rotatable bonds is 7. The van der Waals surface area contributed by atoms with E-state index in [4.69, 9.17) is 5.26 Å². The highest BCUT2D eigenvalue weighted by Gasteiger charge is 2.23. The molecule has 1 aliphatic rings. The van der Waals surface area contributed by atoms with Crippen LogP contribution in [0.4, 0.5) is 10.1 Å². The molecule has 1 fully saturated rings. The van der Waals surface area contributed by atoms with Crippen molar-refractivity contribution >= 4 is 23.4 Å². The van der Waals surface area contributed by atoms with Crippen LogP contribution in [0.25, 0.3) is 5.69 Å². The van der Waals surface area contributed by atoms with Crippen LogP contribution in [0.3, 0.4) is 0 Å². The van der Waals surface area contributed by atoms with Crippen molar-refractivity contribution in [3.8, 4) is 11.8 Å². The molecular formula is C24H25FN6OS. The Morgan fingerprint density at radius 2 is 1.94 bits per heavy atom. The molecule has 2 heterocycles. The van der Waals surface area contributed by atoms with E-state index in [0.717, 1.165) is 37.4 Å². The molecule has 9 heteroatoms. The van der Waals surface area contributed by atoms with Crippen LogP contribution in [0.1, 0.15) is 37.6 Å². The normalized spacial score (nSPS) is 15.1. The van der Waals surface area contributed by atoms with E-state index in [-0.39, 0.29) is 11.7 Å². The van der Waals surface area contributed by atoms with Gasteiger partial charge in [-0.15, -0.1) is 10.2 Å². The van der Waals surface area contributed by atoms with E-state index in [9.17, 15) is 9.18 Å². The van der Waals surface area contributed by atoms with Crippen molar-refractivity contribution in [2.24, 2.45) is 0 Å². The molecule has 4 rings (SSSR count). The maximum atomic E-state index is 13.6. The third-order valence-corrected chi connectivity index (χ3v) is 6.55. The Morgan fingerprint density at radius 3 is 2.67 bits per heavy atom. The molecule has 1 unspecified atom stereocenters. The van der Waals surface area contributed by atoms with Crippen LogP contribution in [-0.4, -0.2) is 43.9 Å². The lowest BCUT2D eigenvalue weighted by molar-refractivity contribution is -0.115. The summed E-state index contributed by atoms with van der Waals surface area (Å²) < 4.78 is 15.5. The van der Waals surface area contributed by atoms with Crippen molar-refractivity contribution in [3.63, 3.8) is 0 Å². The molecule has 0 aliphatic carbocycles. The molecule has 1 N–H and O–H groups in total. The molecule has 33 heavy (non-hydrogen) atoms. The SMILES string of the molecule is CC(Sc1nnc(CN2CCCCC2)n1-c1ccc(F)cc1)C(=O)Nc1cccc(C#N)c1. The number of hydrogen-bond donors (Lipinski definition) is 1. The van der Waals surface area contributed by atoms with Crippen LogP contribution in [0.5, 0.6) is 0 Å². The Morgan fingerprint density at radius 1 is 1.18 bits per heavy atom. The zero-order valence-electron chi connectivity index (χ0n) is 18.4. The first-order valence-electron chi connectivity index (χ1n) is 10.9. The monoisotopic (exact) mass is 464 g/mol. The largest absolute Gasteiger partial charge is 0.325 e. The number of likely N-dealkylation sites (tertiary alicyclic amines) is 1. The summed E-state index contributed by atoms with van der Waals surface area (Å²) in [7, 11) is 0. The van der Waals surface area contributed by atoms with E-state index in [2.05, 4.69) is 26.5 Å². The van der Waals surface area contributed by atoms with Gasteiger partial charge in [-0.3, -0.25) is 14.3 Å². The number of hydrogen-bond acceptors (Lipinski definition) is 6. The highest BCUT2D eigenvalue weighted by molar-refractivity contribution is 8.00. The van der Waals surface area contributed by atoms with Gasteiger partial charge >= 0.3 is 0 Å². The number of nitriles is 1. The number of benzene rings is 2. The van der Waals surface area contributed by atoms with Crippen LogP contribution in [0.2, 0.25) is 0 Å². The molecule has 0 spiro atoms. The zero-order valence-corrected chi connectivity index (χ0v) is 19.2. The van der Waals surface area contributed by atoms with E-state index in [1.54, 1.807) is 43.3 Å². The minimum atomic E-state index is -0.470. The second-order valence-corrected chi connectivity index (χ2v) is 9.30. The number of nitrogens with one attached hydrogen (secondary N) is 1. The van der Waals surface area contributed by atoms with Crippen molar-refractivity contribution in [2.45, 2.75) is 43.1 Å². The Kier molecular flexibility index (Phi) is 7.37. The number of nitrogens with zero attached hydrogens (tertiary/aromatic N) is 5. The van der Waals surface area contributed by atoms with E-state index in [0.29, 0.717) is 23.0 Å². The Hall–Kier alpha value is -3.22. The number of piperidine rings is 1. The molecule has 2 aromatic carbocycles. The summed E-state index contributed by atoms with van der Waals surface area (Å²) in [4.78, 5) is 15.1. The molecule has 1 aliphatic heterocycles. The van der Waals surface area contributed by atoms with Gasteiger partial charge in [-0.1, -0.05) is 24.2 Å². The van der Waals surface area contributed by atoms with Crippen LogP contribution >= 0.6 is 11.8 Å². The van der Waals surface area contributed by atoms with Gasteiger partial charge in [0.25, 0.3) is 0 Å². The zero-order chi connectivity index (χ0) is 23.2. The molecule has 1 saturated heterocycles. The van der Waals surface area contributed by atoms with Crippen LogP contribution in [0.15, 0.2) is 53.7 Å². The predicted octanol–water partition coefficient (Wildman–Crippen LogP) is 4.38. The number of anilines is 1. The van der Waals surface area contributed by atoms with Crippen LogP contribution in [0, 0.1) is 17.1 Å². The van der Waals surface area contributed by atoms with Gasteiger partial charge in [0.15, 0.2) is 11.0 Å². The van der Waals surface area contributed by atoms with Crippen molar-refractivity contribution in [2.75, 3.05) is 18.4 Å². The van der Waals surface area contributed by atoms with Gasteiger partial charge in [-0.25, -0.2) is 4.39 Å². The smallest absolute Gasteiger partial charge is 0.237 e. The molecule has 0 saturated carbocycles. The summed E-state index contributed by atoms with van der Waals surface area (Å²) >= 11 is 1.29. The summed E-state index contributed by atoms with van der Waals surface area (Å²) in [5.41, 5.74) is 1.80. The van der Waals surface area contributed by atoms with Crippen molar-refractivity contribution in [1.29, 1.82) is 5.26 Å². The number of aromatic nitrogens is 3. The molecule has 0 bridgehead atoms. The van der Waals surface area contributed by atoms with E-state index in [1.807, 2.05) is 4.57 Å². The van der Waals surface area contributed by atoms with Crippen molar-refractivity contribution in [3.05, 3.63) is 65.7 Å². The average molecular weight is 465 g/mol. The van der Waals surface area contributed by atoms with Crippen LogP contribution in [-0.2, 0) is 11.3 Å².